The lowest BCUT2D eigenvalue weighted by Crippen LogP contribution is -2.00. The van der Waals surface area contributed by atoms with Gasteiger partial charge in [-0.3, -0.25) is 4.79 Å². The second kappa shape index (κ2) is 6.47. The molecule has 1 rings (SSSR count). The quantitative estimate of drug-likeness (QED) is 0.716. The van der Waals surface area contributed by atoms with Crippen LogP contribution in [-0.4, -0.2) is 24.8 Å². The maximum atomic E-state index is 11.4. The van der Waals surface area contributed by atoms with Crippen LogP contribution in [0.5, 0.6) is 0 Å². The first-order chi connectivity index (χ1) is 7.68. The number of carbonyl (C=O) groups is 1. The second-order valence-corrected chi connectivity index (χ2v) is 3.59. The molecule has 2 heteroatoms. The summed E-state index contributed by atoms with van der Waals surface area (Å²) in [6, 6.07) is 9.50. The van der Waals surface area contributed by atoms with Crippen LogP contribution >= 0.6 is 0 Å². The zero-order valence-corrected chi connectivity index (χ0v) is 9.60. The molecule has 0 aliphatic rings. The van der Waals surface area contributed by atoms with Crippen molar-refractivity contribution in [1.82, 2.24) is 4.90 Å². The van der Waals surface area contributed by atoms with Crippen LogP contribution in [0.25, 0.3) is 0 Å². The van der Waals surface area contributed by atoms with Crippen molar-refractivity contribution >= 4 is 5.78 Å². The highest BCUT2D eigenvalue weighted by molar-refractivity contribution is 5.96. The number of nitrogens with zero attached hydrogens (tertiary/aromatic N) is 1. The number of carbonyl (C=O) groups excluding carboxylic acids is 1. The van der Waals surface area contributed by atoms with E-state index in [0.717, 1.165) is 5.56 Å². The summed E-state index contributed by atoms with van der Waals surface area (Å²) in [5.74, 6) is 5.38. The van der Waals surface area contributed by atoms with Crippen LogP contribution in [0.1, 0.15) is 12.0 Å². The molecule has 0 amide bonds. The van der Waals surface area contributed by atoms with Gasteiger partial charge in [-0.25, -0.2) is 0 Å². The highest BCUT2D eigenvalue weighted by Crippen LogP contribution is 1.95. The molecule has 0 saturated heterocycles. The minimum absolute atomic E-state index is 0.0676. The molecule has 0 heterocycles. The molecule has 0 fully saturated rings. The van der Waals surface area contributed by atoms with Gasteiger partial charge in [-0.05, 0) is 24.3 Å². The monoisotopic (exact) mass is 213 g/mol. The van der Waals surface area contributed by atoms with Crippen LogP contribution in [0.15, 0.2) is 42.6 Å². The van der Waals surface area contributed by atoms with E-state index in [1.165, 1.54) is 0 Å². The number of ketones is 1. The Hall–Kier alpha value is -2.01. The van der Waals surface area contributed by atoms with Gasteiger partial charge in [-0.15, -0.1) is 0 Å². The van der Waals surface area contributed by atoms with Crippen LogP contribution in [0.3, 0.4) is 0 Å². The summed E-state index contributed by atoms with van der Waals surface area (Å²) >= 11 is 0. The van der Waals surface area contributed by atoms with Crippen molar-refractivity contribution < 1.29 is 4.79 Å². The minimum Gasteiger partial charge on any atom is -0.384 e. The lowest BCUT2D eigenvalue weighted by Gasteiger charge is -2.01. The molecule has 0 spiro atoms. The van der Waals surface area contributed by atoms with E-state index in [0.29, 0.717) is 6.42 Å². The molecule has 0 saturated carbocycles. The molecular formula is C14H15NO. The fourth-order valence-corrected chi connectivity index (χ4v) is 1.08. The molecule has 0 atom stereocenters. The maximum Gasteiger partial charge on any atom is 0.209 e. The molecule has 0 aliphatic carbocycles. The third kappa shape index (κ3) is 5.02. The topological polar surface area (TPSA) is 20.3 Å². The summed E-state index contributed by atoms with van der Waals surface area (Å²) in [5.41, 5.74) is 0.868. The Kier molecular flexibility index (Phi) is 4.88. The van der Waals surface area contributed by atoms with Crippen LogP contribution in [0.4, 0.5) is 0 Å². The van der Waals surface area contributed by atoms with Gasteiger partial charge in [-0.2, -0.15) is 0 Å². The van der Waals surface area contributed by atoms with Crippen molar-refractivity contribution in [1.29, 1.82) is 0 Å². The van der Waals surface area contributed by atoms with Gasteiger partial charge in [0.05, 0.1) is 0 Å². The minimum atomic E-state index is -0.0676. The highest BCUT2D eigenvalue weighted by Gasteiger charge is 1.91. The van der Waals surface area contributed by atoms with E-state index in [1.54, 1.807) is 0 Å². The Balaban J connectivity index is 2.49. The summed E-state index contributed by atoms with van der Waals surface area (Å²) in [5, 5.41) is 0. The number of hydrogen-bond donors (Lipinski definition) is 0. The van der Waals surface area contributed by atoms with Crippen LogP contribution < -0.4 is 0 Å². The summed E-state index contributed by atoms with van der Waals surface area (Å²) in [6.07, 6.45) is 4.02. The summed E-state index contributed by atoms with van der Waals surface area (Å²) in [6.45, 7) is 0. The van der Waals surface area contributed by atoms with E-state index in [2.05, 4.69) is 11.8 Å². The zero-order chi connectivity index (χ0) is 11.8. The van der Waals surface area contributed by atoms with Gasteiger partial charge in [0.15, 0.2) is 0 Å². The standard InChI is InChI=1S/C14H15NO/c1-15(2)12-6-9-14(16)11-10-13-7-4-3-5-8-13/h3-8,12H,9H2,1-2H3/b12-6+. The molecule has 82 valence electrons. The Morgan fingerprint density at radius 2 is 2.00 bits per heavy atom. The summed E-state index contributed by atoms with van der Waals surface area (Å²) < 4.78 is 0. The van der Waals surface area contributed by atoms with Crippen molar-refractivity contribution in [3.8, 4) is 11.8 Å². The number of rotatable bonds is 3. The van der Waals surface area contributed by atoms with Gasteiger partial charge in [0.25, 0.3) is 0 Å². The number of allylic oxidation sites excluding steroid dienone is 1. The van der Waals surface area contributed by atoms with Crippen molar-refractivity contribution in [3.63, 3.8) is 0 Å². The van der Waals surface area contributed by atoms with E-state index in [4.69, 9.17) is 0 Å². The van der Waals surface area contributed by atoms with E-state index in [1.807, 2.05) is 61.6 Å². The first-order valence-electron chi connectivity index (χ1n) is 5.11. The number of Topliss-reactive ketones (excluding diaryl/α,β-unsaturated/α-hetero) is 1. The number of benzene rings is 1. The highest BCUT2D eigenvalue weighted by atomic mass is 16.1. The van der Waals surface area contributed by atoms with E-state index in [9.17, 15) is 4.79 Å². The SMILES string of the molecule is CN(C)/C=C/CC(=O)C#Cc1ccccc1. The summed E-state index contributed by atoms with van der Waals surface area (Å²) in [7, 11) is 3.83. The predicted octanol–water partition coefficient (Wildman–Crippen LogP) is 2.07. The average molecular weight is 213 g/mol. The van der Waals surface area contributed by atoms with Crippen molar-refractivity contribution in [2.24, 2.45) is 0 Å². The second-order valence-electron chi connectivity index (χ2n) is 3.59. The Bertz CT molecular complexity index is 421. The van der Waals surface area contributed by atoms with Crippen LogP contribution in [-0.2, 0) is 4.79 Å². The molecule has 0 N–H and O–H groups in total. The molecule has 0 unspecified atom stereocenters. The lowest BCUT2D eigenvalue weighted by atomic mass is 10.2. The Labute approximate surface area is 96.6 Å². The van der Waals surface area contributed by atoms with Gasteiger partial charge in [-0.1, -0.05) is 30.2 Å². The van der Waals surface area contributed by atoms with E-state index in [-0.39, 0.29) is 5.78 Å². The van der Waals surface area contributed by atoms with Crippen LogP contribution in [0, 0.1) is 11.8 Å². The molecule has 1 aromatic carbocycles. The fraction of sp³-hybridized carbons (Fsp3) is 0.214. The molecule has 0 bridgehead atoms. The molecule has 0 radical (unpaired) electrons. The van der Waals surface area contributed by atoms with E-state index >= 15 is 0 Å². The van der Waals surface area contributed by atoms with Crippen molar-refractivity contribution in [3.05, 3.63) is 48.2 Å². The van der Waals surface area contributed by atoms with Gasteiger partial charge < -0.3 is 4.90 Å². The van der Waals surface area contributed by atoms with Gasteiger partial charge in [0.1, 0.15) is 0 Å². The van der Waals surface area contributed by atoms with Gasteiger partial charge >= 0.3 is 0 Å². The molecule has 16 heavy (non-hydrogen) atoms. The molecule has 2 nitrogen and oxygen atoms in total. The lowest BCUT2D eigenvalue weighted by molar-refractivity contribution is -0.113. The van der Waals surface area contributed by atoms with Gasteiger partial charge in [0, 0.05) is 26.1 Å². The first kappa shape index (κ1) is 12.1. The number of hydrogen-bond acceptors (Lipinski definition) is 2. The average Bonchev–Trinajstić information content (AvgIpc) is 2.27. The molecule has 0 aromatic heterocycles. The normalized spacial score (nSPS) is 9.62. The van der Waals surface area contributed by atoms with Gasteiger partial charge in [0.2, 0.25) is 5.78 Å². The van der Waals surface area contributed by atoms with Crippen molar-refractivity contribution in [2.45, 2.75) is 6.42 Å². The first-order valence-corrected chi connectivity index (χ1v) is 5.11. The fourth-order valence-electron chi connectivity index (χ4n) is 1.08. The Morgan fingerprint density at radius 3 is 2.62 bits per heavy atom. The third-order valence-corrected chi connectivity index (χ3v) is 1.83. The Morgan fingerprint density at radius 1 is 1.31 bits per heavy atom. The summed E-state index contributed by atoms with van der Waals surface area (Å²) in [4.78, 5) is 13.2. The maximum absolute atomic E-state index is 11.4. The van der Waals surface area contributed by atoms with Crippen molar-refractivity contribution in [2.75, 3.05) is 14.1 Å². The molecule has 1 aromatic rings. The third-order valence-electron chi connectivity index (χ3n) is 1.83. The molecule has 0 aliphatic heterocycles. The largest absolute Gasteiger partial charge is 0.384 e. The van der Waals surface area contributed by atoms with E-state index < -0.39 is 0 Å². The predicted molar refractivity (Wildman–Crippen MR) is 65.8 cm³/mol. The van der Waals surface area contributed by atoms with Crippen LogP contribution in [0.2, 0.25) is 0 Å². The molecular weight excluding hydrogens is 198 g/mol. The zero-order valence-electron chi connectivity index (χ0n) is 9.60. The smallest absolute Gasteiger partial charge is 0.209 e.